The van der Waals surface area contributed by atoms with Crippen LogP contribution in [0.4, 0.5) is 0 Å². The van der Waals surface area contributed by atoms with Crippen LogP contribution in [-0.4, -0.2) is 31.1 Å². The number of rotatable bonds is 2. The van der Waals surface area contributed by atoms with Crippen LogP contribution in [0.15, 0.2) is 12.8 Å². The van der Waals surface area contributed by atoms with E-state index in [-0.39, 0.29) is 0 Å². The zero-order valence-corrected chi connectivity index (χ0v) is 6.64. The summed E-state index contributed by atoms with van der Waals surface area (Å²) >= 11 is 0. The van der Waals surface area contributed by atoms with Crippen LogP contribution < -0.4 is 5.32 Å². The van der Waals surface area contributed by atoms with E-state index in [1.807, 2.05) is 13.2 Å². The highest BCUT2D eigenvalue weighted by Crippen LogP contribution is 2.08. The number of piperidine rings is 1. The molecular formula is C8H16N2. The van der Waals surface area contributed by atoms with Crippen molar-refractivity contribution in [2.45, 2.75) is 18.9 Å². The fourth-order valence-electron chi connectivity index (χ4n) is 1.41. The van der Waals surface area contributed by atoms with E-state index >= 15 is 0 Å². The smallest absolute Gasteiger partial charge is 0.0326 e. The molecule has 1 atom stereocenters. The maximum absolute atomic E-state index is 3.75. The van der Waals surface area contributed by atoms with Crippen molar-refractivity contribution in [2.24, 2.45) is 0 Å². The van der Waals surface area contributed by atoms with E-state index < -0.39 is 0 Å². The predicted molar refractivity (Wildman–Crippen MR) is 43.9 cm³/mol. The Morgan fingerprint density at radius 2 is 2.50 bits per heavy atom. The molecule has 0 radical (unpaired) electrons. The van der Waals surface area contributed by atoms with Crippen LogP contribution in [0.5, 0.6) is 0 Å². The average Bonchev–Trinajstić information content (AvgIpc) is 2.05. The van der Waals surface area contributed by atoms with E-state index in [4.69, 9.17) is 0 Å². The third-order valence-corrected chi connectivity index (χ3v) is 2.12. The molecule has 0 aliphatic carbocycles. The molecule has 10 heavy (non-hydrogen) atoms. The lowest BCUT2D eigenvalue weighted by Crippen LogP contribution is -2.41. The Labute approximate surface area is 62.9 Å². The normalized spacial score (nSPS) is 26.5. The van der Waals surface area contributed by atoms with Gasteiger partial charge in [0.2, 0.25) is 0 Å². The maximum Gasteiger partial charge on any atom is 0.0326 e. The van der Waals surface area contributed by atoms with Gasteiger partial charge in [-0.15, -0.1) is 0 Å². The Bertz CT molecular complexity index is 112. The summed E-state index contributed by atoms with van der Waals surface area (Å²) in [5, 5.41) is 3.28. The molecule has 2 heteroatoms. The van der Waals surface area contributed by atoms with Crippen molar-refractivity contribution in [3.05, 3.63) is 12.8 Å². The second-order valence-electron chi connectivity index (χ2n) is 2.81. The molecule has 1 N–H and O–H groups in total. The van der Waals surface area contributed by atoms with Gasteiger partial charge in [0.1, 0.15) is 0 Å². The summed E-state index contributed by atoms with van der Waals surface area (Å²) in [7, 11) is 2.03. The number of nitrogens with one attached hydrogen (secondary N) is 1. The van der Waals surface area contributed by atoms with Crippen LogP contribution in [0.1, 0.15) is 12.8 Å². The molecule has 1 unspecified atom stereocenters. The van der Waals surface area contributed by atoms with E-state index in [0.717, 1.165) is 6.54 Å². The molecule has 1 heterocycles. The van der Waals surface area contributed by atoms with Crippen LogP contribution >= 0.6 is 0 Å². The Hall–Kier alpha value is -0.500. The van der Waals surface area contributed by atoms with Crippen molar-refractivity contribution in [1.82, 2.24) is 10.2 Å². The number of hydrogen-bond acceptors (Lipinski definition) is 2. The van der Waals surface area contributed by atoms with Crippen LogP contribution in [0.3, 0.4) is 0 Å². The van der Waals surface area contributed by atoms with Crippen molar-refractivity contribution in [3.8, 4) is 0 Å². The van der Waals surface area contributed by atoms with Gasteiger partial charge < -0.3 is 10.2 Å². The van der Waals surface area contributed by atoms with Crippen molar-refractivity contribution in [3.63, 3.8) is 0 Å². The first-order valence-electron chi connectivity index (χ1n) is 3.90. The summed E-state index contributed by atoms with van der Waals surface area (Å²) in [6.07, 6.45) is 4.53. The minimum absolute atomic E-state index is 0.673. The molecule has 1 aliphatic rings. The second kappa shape index (κ2) is 3.62. The second-order valence-corrected chi connectivity index (χ2v) is 2.81. The lowest BCUT2D eigenvalue weighted by Gasteiger charge is -2.31. The predicted octanol–water partition coefficient (Wildman–Crippen LogP) is 0.814. The Morgan fingerprint density at radius 3 is 3.10 bits per heavy atom. The molecule has 0 aromatic carbocycles. The van der Waals surface area contributed by atoms with E-state index in [1.165, 1.54) is 19.4 Å². The molecule has 1 fully saturated rings. The lowest BCUT2D eigenvalue weighted by atomic mass is 10.1. The standard InChI is InChI=1S/C8H16N2/c1-3-10-6-4-5-8(7-10)9-2/h3,8-9H,1,4-7H2,2H3. The monoisotopic (exact) mass is 140 g/mol. The van der Waals surface area contributed by atoms with Gasteiger partial charge in [-0.1, -0.05) is 6.58 Å². The maximum atomic E-state index is 3.75. The van der Waals surface area contributed by atoms with Crippen LogP contribution in [0, 0.1) is 0 Å². The summed E-state index contributed by atoms with van der Waals surface area (Å²) in [5.41, 5.74) is 0. The quantitative estimate of drug-likeness (QED) is 0.610. The third kappa shape index (κ3) is 1.74. The fraction of sp³-hybridized carbons (Fsp3) is 0.750. The SMILES string of the molecule is C=CN1CCCC(NC)C1. The van der Waals surface area contributed by atoms with Crippen LogP contribution in [0.2, 0.25) is 0 Å². The molecule has 0 aromatic heterocycles. The molecule has 0 aromatic rings. The van der Waals surface area contributed by atoms with Gasteiger partial charge in [0.15, 0.2) is 0 Å². The van der Waals surface area contributed by atoms with Crippen LogP contribution in [-0.2, 0) is 0 Å². The Balaban J connectivity index is 2.31. The minimum atomic E-state index is 0.673. The molecule has 58 valence electrons. The van der Waals surface area contributed by atoms with Gasteiger partial charge >= 0.3 is 0 Å². The van der Waals surface area contributed by atoms with Crippen molar-refractivity contribution < 1.29 is 0 Å². The summed E-state index contributed by atoms with van der Waals surface area (Å²) in [6.45, 7) is 6.06. The highest BCUT2D eigenvalue weighted by molar-refractivity contribution is 4.82. The average molecular weight is 140 g/mol. The van der Waals surface area contributed by atoms with E-state index in [9.17, 15) is 0 Å². The minimum Gasteiger partial charge on any atom is -0.376 e. The molecule has 0 spiro atoms. The zero-order chi connectivity index (χ0) is 7.40. The Morgan fingerprint density at radius 1 is 1.70 bits per heavy atom. The first kappa shape index (κ1) is 7.61. The molecule has 1 aliphatic heterocycles. The molecular weight excluding hydrogens is 124 g/mol. The fourth-order valence-corrected chi connectivity index (χ4v) is 1.41. The van der Waals surface area contributed by atoms with Crippen molar-refractivity contribution in [1.29, 1.82) is 0 Å². The molecule has 1 rings (SSSR count). The molecule has 0 amide bonds. The topological polar surface area (TPSA) is 15.3 Å². The first-order chi connectivity index (χ1) is 4.86. The number of likely N-dealkylation sites (tertiary alicyclic amines) is 1. The van der Waals surface area contributed by atoms with Gasteiger partial charge in [0.25, 0.3) is 0 Å². The number of likely N-dealkylation sites (N-methyl/N-ethyl adjacent to an activating group) is 1. The van der Waals surface area contributed by atoms with Crippen LogP contribution in [0.25, 0.3) is 0 Å². The Kier molecular flexibility index (Phi) is 2.75. The highest BCUT2D eigenvalue weighted by atomic mass is 15.1. The van der Waals surface area contributed by atoms with E-state index in [0.29, 0.717) is 6.04 Å². The van der Waals surface area contributed by atoms with Gasteiger partial charge in [-0.3, -0.25) is 0 Å². The molecule has 0 bridgehead atoms. The van der Waals surface area contributed by atoms with Crippen molar-refractivity contribution >= 4 is 0 Å². The lowest BCUT2D eigenvalue weighted by molar-refractivity contribution is 0.260. The van der Waals surface area contributed by atoms with Gasteiger partial charge in [-0.25, -0.2) is 0 Å². The summed E-state index contributed by atoms with van der Waals surface area (Å²) in [4.78, 5) is 2.27. The summed E-state index contributed by atoms with van der Waals surface area (Å²) in [5.74, 6) is 0. The van der Waals surface area contributed by atoms with E-state index in [2.05, 4.69) is 16.8 Å². The summed E-state index contributed by atoms with van der Waals surface area (Å²) < 4.78 is 0. The van der Waals surface area contributed by atoms with Gasteiger partial charge in [0, 0.05) is 19.1 Å². The highest BCUT2D eigenvalue weighted by Gasteiger charge is 2.14. The third-order valence-electron chi connectivity index (χ3n) is 2.12. The zero-order valence-electron chi connectivity index (χ0n) is 6.64. The molecule has 1 saturated heterocycles. The summed E-state index contributed by atoms with van der Waals surface area (Å²) in [6, 6.07) is 0.673. The molecule has 0 saturated carbocycles. The largest absolute Gasteiger partial charge is 0.376 e. The number of nitrogens with zero attached hydrogens (tertiary/aromatic N) is 1. The van der Waals surface area contributed by atoms with Gasteiger partial charge in [-0.05, 0) is 26.1 Å². The first-order valence-corrected chi connectivity index (χ1v) is 3.90. The van der Waals surface area contributed by atoms with Gasteiger partial charge in [0.05, 0.1) is 0 Å². The number of hydrogen-bond donors (Lipinski definition) is 1. The van der Waals surface area contributed by atoms with Crippen molar-refractivity contribution in [2.75, 3.05) is 20.1 Å². The van der Waals surface area contributed by atoms with Gasteiger partial charge in [-0.2, -0.15) is 0 Å². The molecule has 2 nitrogen and oxygen atoms in total. The van der Waals surface area contributed by atoms with E-state index in [1.54, 1.807) is 0 Å².